The molecule has 1 unspecified atom stereocenters. The number of hydrogen-bond acceptors (Lipinski definition) is 3. The van der Waals surface area contributed by atoms with Gasteiger partial charge in [-0.25, -0.2) is 0 Å². The van der Waals surface area contributed by atoms with Gasteiger partial charge in [-0.15, -0.1) is 0 Å². The average Bonchev–Trinajstić information content (AvgIpc) is 2.90. The van der Waals surface area contributed by atoms with Gasteiger partial charge in [-0.2, -0.15) is 0 Å². The summed E-state index contributed by atoms with van der Waals surface area (Å²) in [6.07, 6.45) is 4.62. The van der Waals surface area contributed by atoms with Gasteiger partial charge in [-0.1, -0.05) is 19.8 Å². The number of nitrogens with one attached hydrogen (secondary N) is 3. The van der Waals surface area contributed by atoms with Gasteiger partial charge in [0.25, 0.3) is 0 Å². The molecule has 0 aliphatic heterocycles. The molecular weight excluding hydrogens is 254 g/mol. The standard InChI is InChI=1S/C15H29N3O2/c1-4-16-12(3)10-17-14(19)9-11(2)18-15(20)13-7-5-6-8-13/h11-13,16H,4-10H2,1-3H3,(H,17,19)(H,18,20)/t11?,12-/m1/s1. The van der Waals surface area contributed by atoms with Crippen LogP contribution in [0.5, 0.6) is 0 Å². The molecule has 1 rings (SSSR count). The molecule has 1 aliphatic carbocycles. The second-order valence-corrected chi connectivity index (χ2v) is 5.86. The molecule has 2 atom stereocenters. The van der Waals surface area contributed by atoms with Crippen LogP contribution in [0.15, 0.2) is 0 Å². The van der Waals surface area contributed by atoms with Crippen LogP contribution in [0.2, 0.25) is 0 Å². The Hall–Kier alpha value is -1.10. The molecule has 1 aliphatic rings. The van der Waals surface area contributed by atoms with Crippen molar-refractivity contribution in [2.75, 3.05) is 13.1 Å². The van der Waals surface area contributed by atoms with Gasteiger partial charge in [-0.05, 0) is 33.2 Å². The van der Waals surface area contributed by atoms with Crippen molar-refractivity contribution in [3.8, 4) is 0 Å². The molecule has 1 fully saturated rings. The van der Waals surface area contributed by atoms with Crippen LogP contribution in [-0.2, 0) is 9.59 Å². The highest BCUT2D eigenvalue weighted by Gasteiger charge is 2.24. The minimum atomic E-state index is -0.0995. The first-order valence-electron chi connectivity index (χ1n) is 7.83. The van der Waals surface area contributed by atoms with Crippen molar-refractivity contribution in [3.05, 3.63) is 0 Å². The summed E-state index contributed by atoms with van der Waals surface area (Å²) in [6.45, 7) is 7.48. The quantitative estimate of drug-likeness (QED) is 0.626. The first-order chi connectivity index (χ1) is 9.52. The van der Waals surface area contributed by atoms with Gasteiger partial charge in [0.05, 0.1) is 0 Å². The summed E-state index contributed by atoms with van der Waals surface area (Å²) in [5.74, 6) is 0.270. The molecule has 5 nitrogen and oxygen atoms in total. The monoisotopic (exact) mass is 283 g/mol. The summed E-state index contributed by atoms with van der Waals surface area (Å²) in [4.78, 5) is 23.7. The van der Waals surface area contributed by atoms with Crippen LogP contribution < -0.4 is 16.0 Å². The number of carbonyl (C=O) groups excluding carboxylic acids is 2. The van der Waals surface area contributed by atoms with E-state index >= 15 is 0 Å². The Labute approximate surface area is 122 Å². The molecule has 0 aromatic carbocycles. The van der Waals surface area contributed by atoms with Gasteiger partial charge >= 0.3 is 0 Å². The van der Waals surface area contributed by atoms with Gasteiger partial charge in [0.1, 0.15) is 0 Å². The highest BCUT2D eigenvalue weighted by Crippen LogP contribution is 2.24. The molecular formula is C15H29N3O2. The van der Waals surface area contributed by atoms with Crippen LogP contribution in [0.3, 0.4) is 0 Å². The van der Waals surface area contributed by atoms with Crippen molar-refractivity contribution in [2.45, 2.75) is 65.0 Å². The average molecular weight is 283 g/mol. The molecule has 0 aromatic rings. The Morgan fingerprint density at radius 2 is 1.80 bits per heavy atom. The van der Waals surface area contributed by atoms with E-state index in [1.807, 2.05) is 20.8 Å². The molecule has 3 N–H and O–H groups in total. The summed E-state index contributed by atoms with van der Waals surface area (Å²) in [7, 11) is 0. The van der Waals surface area contributed by atoms with Crippen LogP contribution in [0.25, 0.3) is 0 Å². The first-order valence-corrected chi connectivity index (χ1v) is 7.83. The van der Waals surface area contributed by atoms with Gasteiger partial charge in [-0.3, -0.25) is 9.59 Å². The van der Waals surface area contributed by atoms with E-state index in [0.29, 0.717) is 13.0 Å². The fourth-order valence-electron chi connectivity index (χ4n) is 2.64. The Morgan fingerprint density at radius 3 is 2.40 bits per heavy atom. The smallest absolute Gasteiger partial charge is 0.223 e. The minimum Gasteiger partial charge on any atom is -0.354 e. The number of hydrogen-bond donors (Lipinski definition) is 3. The number of rotatable bonds is 8. The van der Waals surface area contributed by atoms with E-state index in [-0.39, 0.29) is 29.8 Å². The summed E-state index contributed by atoms with van der Waals surface area (Å²) in [5.41, 5.74) is 0. The Kier molecular flexibility index (Phi) is 7.59. The highest BCUT2D eigenvalue weighted by atomic mass is 16.2. The van der Waals surface area contributed by atoms with Crippen molar-refractivity contribution in [1.82, 2.24) is 16.0 Å². The van der Waals surface area contributed by atoms with Crippen molar-refractivity contribution in [1.29, 1.82) is 0 Å². The van der Waals surface area contributed by atoms with E-state index in [0.717, 1.165) is 32.2 Å². The Balaban J connectivity index is 2.18. The van der Waals surface area contributed by atoms with Crippen LogP contribution in [0, 0.1) is 5.92 Å². The maximum absolute atomic E-state index is 11.9. The van der Waals surface area contributed by atoms with Crippen LogP contribution in [-0.4, -0.2) is 37.0 Å². The fourth-order valence-corrected chi connectivity index (χ4v) is 2.64. The molecule has 116 valence electrons. The second-order valence-electron chi connectivity index (χ2n) is 5.86. The SMILES string of the molecule is CCN[C@H](C)CNC(=O)CC(C)NC(=O)C1CCCC1. The molecule has 5 heteroatoms. The third-order valence-corrected chi connectivity index (χ3v) is 3.76. The van der Waals surface area contributed by atoms with Crippen LogP contribution in [0.4, 0.5) is 0 Å². The van der Waals surface area contributed by atoms with E-state index in [1.165, 1.54) is 0 Å². The lowest BCUT2D eigenvalue weighted by Crippen LogP contribution is -2.42. The number of likely N-dealkylation sites (N-methyl/N-ethyl adjacent to an activating group) is 1. The lowest BCUT2D eigenvalue weighted by Gasteiger charge is -2.18. The normalized spacial score (nSPS) is 18.6. The Bertz CT molecular complexity index is 314. The summed E-state index contributed by atoms with van der Waals surface area (Å²) >= 11 is 0. The molecule has 20 heavy (non-hydrogen) atoms. The molecule has 1 saturated carbocycles. The maximum atomic E-state index is 11.9. The third-order valence-electron chi connectivity index (χ3n) is 3.76. The minimum absolute atomic E-state index is 0.00558. The molecule has 2 amide bonds. The van der Waals surface area contributed by atoms with E-state index in [4.69, 9.17) is 0 Å². The first kappa shape index (κ1) is 17.0. The van der Waals surface area contributed by atoms with E-state index in [1.54, 1.807) is 0 Å². The lowest BCUT2D eigenvalue weighted by molar-refractivity contribution is -0.126. The van der Waals surface area contributed by atoms with E-state index < -0.39 is 0 Å². The molecule has 0 heterocycles. The van der Waals surface area contributed by atoms with E-state index in [9.17, 15) is 9.59 Å². The highest BCUT2D eigenvalue weighted by molar-refractivity contribution is 5.81. The third kappa shape index (κ3) is 6.37. The largest absolute Gasteiger partial charge is 0.354 e. The van der Waals surface area contributed by atoms with Crippen LogP contribution in [0.1, 0.15) is 52.9 Å². The van der Waals surface area contributed by atoms with Crippen molar-refractivity contribution < 1.29 is 9.59 Å². The lowest BCUT2D eigenvalue weighted by atomic mass is 10.1. The van der Waals surface area contributed by atoms with Gasteiger partial charge in [0.2, 0.25) is 11.8 Å². The number of amides is 2. The zero-order valence-corrected chi connectivity index (χ0v) is 13.0. The van der Waals surface area contributed by atoms with Gasteiger partial charge < -0.3 is 16.0 Å². The second kappa shape index (κ2) is 8.95. The summed E-state index contributed by atoms with van der Waals surface area (Å²) in [5, 5.41) is 9.08. The fraction of sp³-hybridized carbons (Fsp3) is 0.867. The summed E-state index contributed by atoms with van der Waals surface area (Å²) in [6, 6.07) is 0.171. The van der Waals surface area contributed by atoms with Crippen molar-refractivity contribution in [2.24, 2.45) is 5.92 Å². The van der Waals surface area contributed by atoms with Crippen molar-refractivity contribution in [3.63, 3.8) is 0 Å². The number of carbonyl (C=O) groups is 2. The molecule has 0 aromatic heterocycles. The zero-order chi connectivity index (χ0) is 15.0. The molecule has 0 radical (unpaired) electrons. The topological polar surface area (TPSA) is 70.2 Å². The predicted molar refractivity (Wildman–Crippen MR) is 80.3 cm³/mol. The van der Waals surface area contributed by atoms with Crippen LogP contribution >= 0.6 is 0 Å². The van der Waals surface area contributed by atoms with E-state index in [2.05, 4.69) is 16.0 Å². The van der Waals surface area contributed by atoms with Gasteiger partial charge in [0, 0.05) is 31.0 Å². The predicted octanol–water partition coefficient (Wildman–Crippen LogP) is 1.19. The molecule has 0 spiro atoms. The van der Waals surface area contributed by atoms with Crippen molar-refractivity contribution >= 4 is 11.8 Å². The van der Waals surface area contributed by atoms with Gasteiger partial charge in [0.15, 0.2) is 0 Å². The zero-order valence-electron chi connectivity index (χ0n) is 13.0. The molecule has 0 bridgehead atoms. The molecule has 0 saturated heterocycles. The summed E-state index contributed by atoms with van der Waals surface area (Å²) < 4.78 is 0. The Morgan fingerprint density at radius 1 is 1.15 bits per heavy atom. The maximum Gasteiger partial charge on any atom is 0.223 e.